The summed E-state index contributed by atoms with van der Waals surface area (Å²) in [6.07, 6.45) is 2.69. The quantitative estimate of drug-likeness (QED) is 0.707. The molecule has 1 atom stereocenters. The molecule has 0 aromatic carbocycles. The number of aromatic nitrogens is 2. The summed E-state index contributed by atoms with van der Waals surface area (Å²) in [4.78, 5) is 6.88. The molecule has 1 aromatic rings. The molecule has 2 N–H and O–H groups in total. The van der Waals surface area contributed by atoms with Crippen molar-refractivity contribution in [3.05, 3.63) is 17.0 Å². The van der Waals surface area contributed by atoms with Crippen molar-refractivity contribution in [3.8, 4) is 0 Å². The van der Waals surface area contributed by atoms with E-state index in [1.54, 1.807) is 6.33 Å². The van der Waals surface area contributed by atoms with Crippen LogP contribution in [0.25, 0.3) is 0 Å². The molecular formula is C8H13N3S. The third kappa shape index (κ3) is 2.62. The molecule has 3 nitrogen and oxygen atoms in total. The third-order valence-electron chi connectivity index (χ3n) is 1.69. The largest absolute Gasteiger partial charge is 0.369 e. The van der Waals surface area contributed by atoms with Gasteiger partial charge in [-0.2, -0.15) is 0 Å². The summed E-state index contributed by atoms with van der Waals surface area (Å²) in [6, 6.07) is 2.28. The maximum Gasteiger partial charge on any atom is 0.131 e. The minimum Gasteiger partial charge on any atom is -0.369 e. The fourth-order valence-electron chi connectivity index (χ4n) is 0.819. The van der Waals surface area contributed by atoms with Crippen LogP contribution in [-0.2, 0) is 0 Å². The summed E-state index contributed by atoms with van der Waals surface area (Å²) in [6.45, 7) is 4.25. The second kappa shape index (κ2) is 4.21. The maximum absolute atomic E-state index is 4.92. The Hall–Kier alpha value is -0.900. The summed E-state index contributed by atoms with van der Waals surface area (Å²) in [5.74, 6) is 0.935. The van der Waals surface area contributed by atoms with E-state index in [9.17, 15) is 0 Å². The van der Waals surface area contributed by atoms with Crippen LogP contribution in [0, 0.1) is 4.64 Å². The highest BCUT2D eigenvalue weighted by molar-refractivity contribution is 7.71. The van der Waals surface area contributed by atoms with Crippen molar-refractivity contribution >= 4 is 18.0 Å². The molecule has 0 aliphatic heterocycles. The molecule has 1 heterocycles. The van der Waals surface area contributed by atoms with E-state index in [1.807, 2.05) is 6.07 Å². The van der Waals surface area contributed by atoms with Gasteiger partial charge < -0.3 is 10.3 Å². The van der Waals surface area contributed by atoms with Gasteiger partial charge in [0.15, 0.2) is 0 Å². The Morgan fingerprint density at radius 3 is 3.08 bits per heavy atom. The molecule has 12 heavy (non-hydrogen) atoms. The summed E-state index contributed by atoms with van der Waals surface area (Å²) >= 11 is 4.92. The van der Waals surface area contributed by atoms with Crippen molar-refractivity contribution < 1.29 is 0 Å². The first-order valence-corrected chi connectivity index (χ1v) is 4.44. The number of hydrogen-bond donors (Lipinski definition) is 2. The first-order valence-electron chi connectivity index (χ1n) is 4.03. The van der Waals surface area contributed by atoms with Crippen molar-refractivity contribution in [1.82, 2.24) is 9.97 Å². The van der Waals surface area contributed by atoms with Crippen LogP contribution >= 0.6 is 12.2 Å². The van der Waals surface area contributed by atoms with Crippen molar-refractivity contribution in [2.45, 2.75) is 26.3 Å². The molecular weight excluding hydrogens is 170 g/mol. The first-order chi connectivity index (χ1) is 5.72. The van der Waals surface area contributed by atoms with Crippen LogP contribution in [0.2, 0.25) is 0 Å². The molecule has 0 aliphatic carbocycles. The molecule has 0 bridgehead atoms. The van der Waals surface area contributed by atoms with Crippen LogP contribution < -0.4 is 5.32 Å². The van der Waals surface area contributed by atoms with E-state index in [4.69, 9.17) is 12.2 Å². The highest BCUT2D eigenvalue weighted by atomic mass is 32.1. The van der Waals surface area contributed by atoms with Gasteiger partial charge in [0.25, 0.3) is 0 Å². The van der Waals surface area contributed by atoms with Crippen LogP contribution in [0.4, 0.5) is 5.82 Å². The Balaban J connectivity index is 2.69. The molecule has 0 saturated carbocycles. The highest BCUT2D eigenvalue weighted by Crippen LogP contribution is 2.03. The van der Waals surface area contributed by atoms with E-state index < -0.39 is 0 Å². The number of nitrogens with one attached hydrogen (secondary N) is 2. The van der Waals surface area contributed by atoms with E-state index in [1.165, 1.54) is 0 Å². The first kappa shape index (κ1) is 9.19. The zero-order valence-corrected chi connectivity index (χ0v) is 8.11. The molecule has 0 saturated heterocycles. The van der Waals surface area contributed by atoms with Gasteiger partial charge in [-0.05, 0) is 13.3 Å². The number of aromatic amines is 1. The Morgan fingerprint density at radius 1 is 1.75 bits per heavy atom. The summed E-state index contributed by atoms with van der Waals surface area (Å²) in [5, 5.41) is 3.27. The van der Waals surface area contributed by atoms with Gasteiger partial charge >= 0.3 is 0 Å². The van der Waals surface area contributed by atoms with Crippen molar-refractivity contribution in [2.24, 2.45) is 0 Å². The molecule has 0 fully saturated rings. The summed E-state index contributed by atoms with van der Waals surface area (Å²) in [7, 11) is 0. The van der Waals surface area contributed by atoms with E-state index in [-0.39, 0.29) is 0 Å². The SMILES string of the molecule is CCC(C)Nc1cc(=S)nc[nH]1. The second-order valence-corrected chi connectivity index (χ2v) is 3.17. The Morgan fingerprint density at radius 2 is 2.50 bits per heavy atom. The fraction of sp³-hybridized carbons (Fsp3) is 0.500. The van der Waals surface area contributed by atoms with Gasteiger partial charge in [-0.1, -0.05) is 19.1 Å². The average Bonchev–Trinajstić information content (AvgIpc) is 2.04. The van der Waals surface area contributed by atoms with Gasteiger partial charge in [0.1, 0.15) is 10.5 Å². The molecule has 1 rings (SSSR count). The Kier molecular flexibility index (Phi) is 3.22. The smallest absolute Gasteiger partial charge is 0.131 e. The lowest BCUT2D eigenvalue weighted by atomic mass is 10.3. The van der Waals surface area contributed by atoms with Crippen LogP contribution in [0.3, 0.4) is 0 Å². The third-order valence-corrected chi connectivity index (χ3v) is 1.92. The van der Waals surface area contributed by atoms with Gasteiger partial charge in [-0.15, -0.1) is 0 Å². The molecule has 1 unspecified atom stereocenters. The van der Waals surface area contributed by atoms with Gasteiger partial charge in [-0.25, -0.2) is 4.98 Å². The topological polar surface area (TPSA) is 40.7 Å². The summed E-state index contributed by atoms with van der Waals surface area (Å²) in [5.41, 5.74) is 0. The molecule has 0 aliphatic rings. The molecule has 1 aromatic heterocycles. The summed E-state index contributed by atoms with van der Waals surface area (Å²) < 4.78 is 0.611. The van der Waals surface area contributed by atoms with E-state index >= 15 is 0 Å². The van der Waals surface area contributed by atoms with Gasteiger partial charge in [0.2, 0.25) is 0 Å². The van der Waals surface area contributed by atoms with E-state index in [0.29, 0.717) is 10.7 Å². The van der Waals surface area contributed by atoms with Gasteiger partial charge in [-0.3, -0.25) is 0 Å². The van der Waals surface area contributed by atoms with Crippen LogP contribution in [-0.4, -0.2) is 16.0 Å². The average molecular weight is 183 g/mol. The number of hydrogen-bond acceptors (Lipinski definition) is 3. The van der Waals surface area contributed by atoms with Crippen LogP contribution in [0.5, 0.6) is 0 Å². The number of rotatable bonds is 3. The lowest BCUT2D eigenvalue weighted by molar-refractivity contribution is 0.758. The second-order valence-electron chi connectivity index (χ2n) is 2.75. The van der Waals surface area contributed by atoms with Gasteiger partial charge in [0, 0.05) is 12.1 Å². The normalized spacial score (nSPS) is 12.5. The zero-order valence-electron chi connectivity index (χ0n) is 7.29. The van der Waals surface area contributed by atoms with E-state index in [0.717, 1.165) is 12.2 Å². The Labute approximate surface area is 77.2 Å². The lowest BCUT2D eigenvalue weighted by Crippen LogP contribution is -2.14. The minimum absolute atomic E-state index is 0.457. The Bertz CT molecular complexity index is 294. The molecule has 0 spiro atoms. The van der Waals surface area contributed by atoms with Crippen molar-refractivity contribution in [2.75, 3.05) is 5.32 Å². The fourth-order valence-corrected chi connectivity index (χ4v) is 0.989. The highest BCUT2D eigenvalue weighted by Gasteiger charge is 1.97. The predicted molar refractivity (Wildman–Crippen MR) is 52.8 cm³/mol. The number of nitrogens with zero attached hydrogens (tertiary/aromatic N) is 1. The monoisotopic (exact) mass is 183 g/mol. The number of anilines is 1. The van der Waals surface area contributed by atoms with Crippen LogP contribution in [0.15, 0.2) is 12.4 Å². The van der Waals surface area contributed by atoms with Gasteiger partial charge in [0.05, 0.1) is 6.33 Å². The molecule has 4 heteroatoms. The van der Waals surface area contributed by atoms with E-state index in [2.05, 4.69) is 29.1 Å². The lowest BCUT2D eigenvalue weighted by Gasteiger charge is -2.11. The minimum atomic E-state index is 0.457. The maximum atomic E-state index is 4.92. The molecule has 0 radical (unpaired) electrons. The van der Waals surface area contributed by atoms with Crippen molar-refractivity contribution in [1.29, 1.82) is 0 Å². The zero-order chi connectivity index (χ0) is 8.97. The standard InChI is InChI=1S/C8H13N3S/c1-3-6(2)11-7-4-8(12)10-5-9-7/h4-6H,3H2,1-2H3,(H2,9,10,11,12). The molecule has 0 amide bonds. The predicted octanol–water partition coefficient (Wildman–Crippen LogP) is 2.35. The van der Waals surface area contributed by atoms with Crippen molar-refractivity contribution in [3.63, 3.8) is 0 Å². The number of H-pyrrole nitrogens is 1. The van der Waals surface area contributed by atoms with Crippen LogP contribution in [0.1, 0.15) is 20.3 Å². The molecule has 66 valence electrons.